The molecule has 0 bridgehead atoms. The van der Waals surface area contributed by atoms with E-state index in [0.29, 0.717) is 6.42 Å². The summed E-state index contributed by atoms with van der Waals surface area (Å²) in [6.07, 6.45) is 4.11. The van der Waals surface area contributed by atoms with Gasteiger partial charge in [-0.25, -0.2) is 0 Å². The molecule has 0 saturated carbocycles. The van der Waals surface area contributed by atoms with Gasteiger partial charge in [0, 0.05) is 26.1 Å². The minimum Gasteiger partial charge on any atom is -0.346 e. The van der Waals surface area contributed by atoms with E-state index < -0.39 is 0 Å². The summed E-state index contributed by atoms with van der Waals surface area (Å²) in [5.74, 6) is 0.0930. The van der Waals surface area contributed by atoms with Crippen molar-refractivity contribution in [3.8, 4) is 0 Å². The highest BCUT2D eigenvalue weighted by atomic mass is 16.2. The third kappa shape index (κ3) is 4.72. The number of nitrogens with two attached hydrogens (primary N) is 1. The highest BCUT2D eigenvalue weighted by Crippen LogP contribution is 2.14. The summed E-state index contributed by atoms with van der Waals surface area (Å²) >= 11 is 0. The largest absolute Gasteiger partial charge is 0.346 e. The summed E-state index contributed by atoms with van der Waals surface area (Å²) in [7, 11) is 1.82. The number of hydrogen-bond donors (Lipinski definition) is 1. The van der Waals surface area contributed by atoms with Crippen molar-refractivity contribution in [2.24, 2.45) is 5.73 Å². The highest BCUT2D eigenvalue weighted by Gasteiger charge is 2.14. The number of carbonyl (C=O) groups is 1. The van der Waals surface area contributed by atoms with Gasteiger partial charge in [0.15, 0.2) is 0 Å². The Morgan fingerprint density at radius 3 is 2.72 bits per heavy atom. The Bertz CT molecular complexity index is 375. The van der Waals surface area contributed by atoms with Crippen LogP contribution in [0, 0.1) is 0 Å². The van der Waals surface area contributed by atoms with E-state index in [9.17, 15) is 4.79 Å². The quantitative estimate of drug-likeness (QED) is 0.593. The molecular weight excluding hydrogens is 224 g/mol. The van der Waals surface area contributed by atoms with Gasteiger partial charge in [-0.2, -0.15) is 0 Å². The number of amides is 1. The zero-order valence-corrected chi connectivity index (χ0v) is 11.0. The first-order valence-electron chi connectivity index (χ1n) is 6.30. The Morgan fingerprint density at radius 2 is 2.11 bits per heavy atom. The van der Waals surface area contributed by atoms with Gasteiger partial charge in [-0.3, -0.25) is 4.79 Å². The van der Waals surface area contributed by atoms with Crippen LogP contribution in [0.5, 0.6) is 0 Å². The fourth-order valence-corrected chi connectivity index (χ4v) is 1.76. The Kier molecular flexibility index (Phi) is 6.15. The molecule has 0 fully saturated rings. The van der Waals surface area contributed by atoms with Crippen LogP contribution in [0.2, 0.25) is 0 Å². The summed E-state index contributed by atoms with van der Waals surface area (Å²) in [6.45, 7) is 4.42. The van der Waals surface area contributed by atoms with Crippen LogP contribution in [0.3, 0.4) is 0 Å². The van der Waals surface area contributed by atoms with E-state index in [4.69, 9.17) is 5.73 Å². The summed E-state index contributed by atoms with van der Waals surface area (Å²) in [6, 6.07) is 9.51. The lowest BCUT2D eigenvalue weighted by Crippen LogP contribution is -2.30. The Hall–Kier alpha value is -1.61. The lowest BCUT2D eigenvalue weighted by Gasteiger charge is -2.19. The second-order valence-electron chi connectivity index (χ2n) is 4.47. The predicted octanol–water partition coefficient (Wildman–Crippen LogP) is 2.50. The first kappa shape index (κ1) is 14.5. The van der Waals surface area contributed by atoms with Crippen LogP contribution in [0.15, 0.2) is 43.0 Å². The van der Waals surface area contributed by atoms with Crippen LogP contribution in [-0.4, -0.2) is 24.4 Å². The van der Waals surface area contributed by atoms with E-state index in [-0.39, 0.29) is 11.9 Å². The molecule has 1 atom stereocenters. The molecule has 0 spiro atoms. The van der Waals surface area contributed by atoms with Gasteiger partial charge in [0.05, 0.1) is 0 Å². The average Bonchev–Trinajstić information content (AvgIpc) is 2.39. The van der Waals surface area contributed by atoms with Crippen molar-refractivity contribution in [1.29, 1.82) is 0 Å². The molecule has 0 aliphatic rings. The summed E-state index contributed by atoms with van der Waals surface area (Å²) in [5.41, 5.74) is 7.03. The first-order chi connectivity index (χ1) is 8.65. The van der Waals surface area contributed by atoms with Crippen molar-refractivity contribution >= 4 is 5.91 Å². The molecule has 3 nitrogen and oxygen atoms in total. The summed E-state index contributed by atoms with van der Waals surface area (Å²) in [5, 5.41) is 0. The smallest absolute Gasteiger partial charge is 0.224 e. The molecule has 0 aliphatic carbocycles. The van der Waals surface area contributed by atoms with Crippen molar-refractivity contribution in [1.82, 2.24) is 4.90 Å². The number of hydrogen-bond acceptors (Lipinski definition) is 2. The number of benzene rings is 1. The maximum atomic E-state index is 11.9. The first-order valence-corrected chi connectivity index (χ1v) is 6.30. The minimum absolute atomic E-state index is 0.0930. The molecule has 3 heteroatoms. The molecule has 0 saturated heterocycles. The van der Waals surface area contributed by atoms with E-state index >= 15 is 0 Å². The molecule has 1 aromatic rings. The predicted molar refractivity (Wildman–Crippen MR) is 75.1 cm³/mol. The molecule has 2 N–H and O–H groups in total. The third-order valence-electron chi connectivity index (χ3n) is 2.95. The number of unbranched alkanes of at least 4 members (excludes halogenated alkanes) is 1. The molecule has 0 aromatic heterocycles. The number of allylic oxidation sites excluding steroid dienone is 1. The third-order valence-corrected chi connectivity index (χ3v) is 2.95. The van der Waals surface area contributed by atoms with Crippen LogP contribution in [-0.2, 0) is 4.79 Å². The lowest BCUT2D eigenvalue weighted by atomic mass is 10.0. The molecule has 1 amide bonds. The Balaban J connectivity index is 2.41. The minimum atomic E-state index is -0.222. The van der Waals surface area contributed by atoms with Crippen molar-refractivity contribution in [3.63, 3.8) is 0 Å². The topological polar surface area (TPSA) is 46.3 Å². The second-order valence-corrected chi connectivity index (χ2v) is 4.47. The van der Waals surface area contributed by atoms with Gasteiger partial charge in [0.1, 0.15) is 0 Å². The average molecular weight is 246 g/mol. The van der Waals surface area contributed by atoms with Crippen molar-refractivity contribution < 1.29 is 4.79 Å². The van der Waals surface area contributed by atoms with Gasteiger partial charge in [0.25, 0.3) is 0 Å². The Morgan fingerprint density at radius 1 is 1.44 bits per heavy atom. The number of nitrogens with zero attached hydrogens (tertiary/aromatic N) is 1. The van der Waals surface area contributed by atoms with Crippen LogP contribution in [0.25, 0.3) is 0 Å². The van der Waals surface area contributed by atoms with Gasteiger partial charge >= 0.3 is 0 Å². The molecular formula is C15H22N2O. The standard InChI is InChI=1S/C15H22N2O/c1-3-4-8-11-17(2)15(18)12-14(16)13-9-6-5-7-10-13/h3,5-7,9-10,14H,1,4,8,11-12,16H2,2H3/t14-/m0/s1. The molecule has 0 aliphatic heterocycles. The number of rotatable bonds is 7. The van der Waals surface area contributed by atoms with Gasteiger partial charge in [0.2, 0.25) is 5.91 Å². The van der Waals surface area contributed by atoms with E-state index in [2.05, 4.69) is 6.58 Å². The molecule has 0 unspecified atom stereocenters. The molecule has 0 radical (unpaired) electrons. The molecule has 1 rings (SSSR count). The lowest BCUT2D eigenvalue weighted by molar-refractivity contribution is -0.130. The van der Waals surface area contributed by atoms with Crippen molar-refractivity contribution in [2.75, 3.05) is 13.6 Å². The van der Waals surface area contributed by atoms with E-state index in [0.717, 1.165) is 24.9 Å². The Labute approximate surface area is 109 Å². The SMILES string of the molecule is C=CCCCN(C)C(=O)C[C@H](N)c1ccccc1. The zero-order valence-electron chi connectivity index (χ0n) is 11.0. The molecule has 0 heterocycles. The molecule has 18 heavy (non-hydrogen) atoms. The van der Waals surface area contributed by atoms with E-state index in [1.54, 1.807) is 4.90 Å². The van der Waals surface area contributed by atoms with Gasteiger partial charge in [-0.15, -0.1) is 6.58 Å². The maximum absolute atomic E-state index is 11.9. The van der Waals surface area contributed by atoms with Crippen LogP contribution >= 0.6 is 0 Å². The van der Waals surface area contributed by atoms with Crippen molar-refractivity contribution in [3.05, 3.63) is 48.6 Å². The second kappa shape index (κ2) is 7.67. The zero-order chi connectivity index (χ0) is 13.4. The fourth-order valence-electron chi connectivity index (χ4n) is 1.76. The summed E-state index contributed by atoms with van der Waals surface area (Å²) in [4.78, 5) is 13.7. The normalized spacial score (nSPS) is 11.9. The fraction of sp³-hybridized carbons (Fsp3) is 0.400. The number of carbonyl (C=O) groups excluding carboxylic acids is 1. The van der Waals surface area contributed by atoms with Crippen molar-refractivity contribution in [2.45, 2.75) is 25.3 Å². The van der Waals surface area contributed by atoms with E-state index in [1.807, 2.05) is 43.5 Å². The van der Waals surface area contributed by atoms with E-state index in [1.165, 1.54) is 0 Å². The van der Waals surface area contributed by atoms with Gasteiger partial charge in [-0.05, 0) is 18.4 Å². The monoisotopic (exact) mass is 246 g/mol. The van der Waals surface area contributed by atoms with Gasteiger partial charge < -0.3 is 10.6 Å². The van der Waals surface area contributed by atoms with Crippen LogP contribution in [0.4, 0.5) is 0 Å². The van der Waals surface area contributed by atoms with Gasteiger partial charge in [-0.1, -0.05) is 36.4 Å². The molecule has 1 aromatic carbocycles. The maximum Gasteiger partial charge on any atom is 0.224 e. The summed E-state index contributed by atoms with van der Waals surface area (Å²) < 4.78 is 0. The van der Waals surface area contributed by atoms with Crippen LogP contribution in [0.1, 0.15) is 30.9 Å². The van der Waals surface area contributed by atoms with Crippen LogP contribution < -0.4 is 5.73 Å². The highest BCUT2D eigenvalue weighted by molar-refractivity contribution is 5.76. The molecule has 98 valence electrons.